The van der Waals surface area contributed by atoms with Gasteiger partial charge in [0.1, 0.15) is 0 Å². The van der Waals surface area contributed by atoms with Gasteiger partial charge in [0.25, 0.3) is 0 Å². The Hall–Kier alpha value is -0.0800. The molecule has 0 radical (unpaired) electrons. The minimum absolute atomic E-state index is 0.336. The Morgan fingerprint density at radius 2 is 1.76 bits per heavy atom. The van der Waals surface area contributed by atoms with E-state index in [2.05, 4.69) is 39.5 Å². The molecule has 21 heavy (non-hydrogen) atoms. The van der Waals surface area contributed by atoms with Gasteiger partial charge in [-0.15, -0.1) is 0 Å². The molecule has 3 atom stereocenters. The fourth-order valence-corrected chi connectivity index (χ4v) is 4.55. The quantitative estimate of drug-likeness (QED) is 0.823. The Labute approximate surface area is 132 Å². The van der Waals surface area contributed by atoms with Crippen molar-refractivity contribution in [2.45, 2.75) is 79.2 Å². The predicted molar refractivity (Wildman–Crippen MR) is 92.3 cm³/mol. The highest BCUT2D eigenvalue weighted by molar-refractivity contribution is 4.92. The summed E-state index contributed by atoms with van der Waals surface area (Å²) in [5.74, 6) is 1.60. The Morgan fingerprint density at radius 1 is 1.05 bits per heavy atom. The summed E-state index contributed by atoms with van der Waals surface area (Å²) in [7, 11) is 0. The van der Waals surface area contributed by atoms with Gasteiger partial charge in [-0.1, -0.05) is 41.0 Å². The van der Waals surface area contributed by atoms with Crippen LogP contribution >= 0.6 is 0 Å². The third-order valence-corrected chi connectivity index (χ3v) is 6.34. The smallest absolute Gasteiger partial charge is 0.0131 e. The van der Waals surface area contributed by atoms with E-state index in [1.807, 2.05) is 0 Å². The average Bonchev–Trinajstić information content (AvgIpc) is 2.60. The summed E-state index contributed by atoms with van der Waals surface area (Å²) in [6, 6.07) is 0.382. The van der Waals surface area contributed by atoms with E-state index in [9.17, 15) is 0 Å². The predicted octanol–water partition coefficient (Wildman–Crippen LogP) is 4.29. The molecule has 1 saturated heterocycles. The molecule has 0 aromatic carbocycles. The second kappa shape index (κ2) is 6.58. The van der Waals surface area contributed by atoms with Crippen LogP contribution in [-0.4, -0.2) is 30.6 Å². The molecule has 2 fully saturated rings. The lowest BCUT2D eigenvalue weighted by Crippen LogP contribution is -2.50. The van der Waals surface area contributed by atoms with Crippen molar-refractivity contribution in [2.75, 3.05) is 19.6 Å². The molecule has 0 bridgehead atoms. The Morgan fingerprint density at radius 3 is 2.43 bits per heavy atom. The highest BCUT2D eigenvalue weighted by Crippen LogP contribution is 2.39. The second-order valence-electron chi connectivity index (χ2n) is 9.46. The first-order valence-corrected chi connectivity index (χ1v) is 9.18. The highest BCUT2D eigenvalue weighted by atomic mass is 15.1. The van der Waals surface area contributed by atoms with Crippen LogP contribution in [0, 0.1) is 22.7 Å². The summed E-state index contributed by atoms with van der Waals surface area (Å²) in [5.41, 5.74) is 7.39. The molecular weight excluding hydrogens is 256 g/mol. The number of likely N-dealkylation sites (tertiary alicyclic amines) is 1. The minimum atomic E-state index is 0.336. The van der Waals surface area contributed by atoms with Crippen molar-refractivity contribution < 1.29 is 0 Å². The maximum Gasteiger partial charge on any atom is 0.0131 e. The fourth-order valence-electron chi connectivity index (χ4n) is 4.55. The van der Waals surface area contributed by atoms with Gasteiger partial charge in [-0.2, -0.15) is 0 Å². The van der Waals surface area contributed by atoms with Crippen LogP contribution < -0.4 is 5.73 Å². The largest absolute Gasteiger partial charge is 0.327 e. The molecule has 1 aliphatic heterocycles. The third kappa shape index (κ3) is 4.45. The maximum atomic E-state index is 6.58. The first-order valence-electron chi connectivity index (χ1n) is 9.18. The van der Waals surface area contributed by atoms with E-state index in [4.69, 9.17) is 5.73 Å². The van der Waals surface area contributed by atoms with E-state index < -0.39 is 0 Å². The molecule has 1 saturated carbocycles. The van der Waals surface area contributed by atoms with Crippen LogP contribution in [0.3, 0.4) is 0 Å². The van der Waals surface area contributed by atoms with E-state index in [0.29, 0.717) is 22.8 Å². The lowest BCUT2D eigenvalue weighted by molar-refractivity contribution is 0.102. The molecule has 124 valence electrons. The van der Waals surface area contributed by atoms with Gasteiger partial charge in [0.2, 0.25) is 0 Å². The standard InChI is InChI=1S/C19H38N2/c1-18(2,3)16-9-7-12-21(13-10-16)14-15-8-6-11-19(4,5)17(15)20/h15-17H,6-14,20H2,1-5H3. The molecule has 0 aromatic heterocycles. The molecule has 3 unspecified atom stereocenters. The molecule has 0 aromatic rings. The van der Waals surface area contributed by atoms with Crippen LogP contribution in [0.1, 0.15) is 73.1 Å². The van der Waals surface area contributed by atoms with E-state index in [1.54, 1.807) is 0 Å². The first kappa shape index (κ1) is 17.3. The van der Waals surface area contributed by atoms with Crippen molar-refractivity contribution in [3.8, 4) is 0 Å². The lowest BCUT2D eigenvalue weighted by atomic mass is 9.68. The van der Waals surface area contributed by atoms with Crippen molar-refractivity contribution in [2.24, 2.45) is 28.4 Å². The monoisotopic (exact) mass is 294 g/mol. The van der Waals surface area contributed by atoms with E-state index in [-0.39, 0.29) is 0 Å². The number of rotatable bonds is 2. The van der Waals surface area contributed by atoms with E-state index in [1.165, 1.54) is 58.2 Å². The molecule has 2 nitrogen and oxygen atoms in total. The van der Waals surface area contributed by atoms with Gasteiger partial charge in [0.15, 0.2) is 0 Å². The summed E-state index contributed by atoms with van der Waals surface area (Å²) in [5, 5.41) is 0. The molecule has 1 heterocycles. The number of nitrogens with zero attached hydrogens (tertiary/aromatic N) is 1. The van der Waals surface area contributed by atoms with Crippen LogP contribution in [-0.2, 0) is 0 Å². The van der Waals surface area contributed by atoms with Crippen molar-refractivity contribution >= 4 is 0 Å². The summed E-state index contributed by atoms with van der Waals surface area (Å²) in [6.07, 6.45) is 8.15. The summed E-state index contributed by atoms with van der Waals surface area (Å²) >= 11 is 0. The van der Waals surface area contributed by atoms with Crippen LogP contribution in [0.15, 0.2) is 0 Å². The molecule has 2 heteroatoms. The van der Waals surface area contributed by atoms with Gasteiger partial charge in [-0.05, 0) is 67.9 Å². The zero-order valence-electron chi connectivity index (χ0n) is 15.1. The molecule has 0 amide bonds. The van der Waals surface area contributed by atoms with Gasteiger partial charge in [0.05, 0.1) is 0 Å². The first-order chi connectivity index (χ1) is 9.70. The van der Waals surface area contributed by atoms with Gasteiger partial charge in [-0.25, -0.2) is 0 Å². The Balaban J connectivity index is 1.89. The van der Waals surface area contributed by atoms with E-state index in [0.717, 1.165) is 5.92 Å². The fraction of sp³-hybridized carbons (Fsp3) is 1.00. The number of hydrogen-bond acceptors (Lipinski definition) is 2. The van der Waals surface area contributed by atoms with Crippen molar-refractivity contribution in [3.05, 3.63) is 0 Å². The van der Waals surface area contributed by atoms with Gasteiger partial charge in [0, 0.05) is 12.6 Å². The highest BCUT2D eigenvalue weighted by Gasteiger charge is 2.37. The summed E-state index contributed by atoms with van der Waals surface area (Å²) in [4.78, 5) is 2.72. The Bertz CT molecular complexity index is 329. The normalized spacial score (nSPS) is 35.4. The minimum Gasteiger partial charge on any atom is -0.327 e. The SMILES string of the molecule is CC(C)(C)C1CCCN(CC2CCCC(C)(C)C2N)CC1. The van der Waals surface area contributed by atoms with Crippen molar-refractivity contribution in [1.29, 1.82) is 0 Å². The molecule has 1 aliphatic carbocycles. The molecule has 2 aliphatic rings. The van der Waals surface area contributed by atoms with Crippen LogP contribution in [0.4, 0.5) is 0 Å². The van der Waals surface area contributed by atoms with Crippen LogP contribution in [0.2, 0.25) is 0 Å². The van der Waals surface area contributed by atoms with Gasteiger partial charge >= 0.3 is 0 Å². The zero-order chi connectivity index (χ0) is 15.7. The third-order valence-electron chi connectivity index (χ3n) is 6.34. The molecule has 2 rings (SSSR count). The van der Waals surface area contributed by atoms with E-state index >= 15 is 0 Å². The average molecular weight is 295 g/mol. The summed E-state index contributed by atoms with van der Waals surface area (Å²) < 4.78 is 0. The molecular formula is C19H38N2. The molecule has 0 spiro atoms. The van der Waals surface area contributed by atoms with Gasteiger partial charge < -0.3 is 10.6 Å². The topological polar surface area (TPSA) is 29.3 Å². The van der Waals surface area contributed by atoms with Crippen LogP contribution in [0.5, 0.6) is 0 Å². The molecule has 2 N–H and O–H groups in total. The van der Waals surface area contributed by atoms with Gasteiger partial charge in [-0.3, -0.25) is 0 Å². The lowest BCUT2D eigenvalue weighted by Gasteiger charge is -2.43. The van der Waals surface area contributed by atoms with Crippen molar-refractivity contribution in [3.63, 3.8) is 0 Å². The van der Waals surface area contributed by atoms with Crippen molar-refractivity contribution in [1.82, 2.24) is 4.90 Å². The Kier molecular flexibility index (Phi) is 5.41. The maximum absolute atomic E-state index is 6.58. The number of nitrogens with two attached hydrogens (primary N) is 1. The van der Waals surface area contributed by atoms with Crippen LogP contribution in [0.25, 0.3) is 0 Å². The zero-order valence-corrected chi connectivity index (χ0v) is 15.1. The number of hydrogen-bond donors (Lipinski definition) is 1. The second-order valence-corrected chi connectivity index (χ2v) is 9.46. The summed E-state index contributed by atoms with van der Waals surface area (Å²) in [6.45, 7) is 15.8.